The number of H-pyrrole nitrogens is 1. The maximum Gasteiger partial charge on any atom is 0.416 e. The second-order valence-electron chi connectivity index (χ2n) is 6.23. The van der Waals surface area contributed by atoms with Crippen LogP contribution in [0.4, 0.5) is 18.9 Å². The highest BCUT2D eigenvalue weighted by molar-refractivity contribution is 7.99. The van der Waals surface area contributed by atoms with E-state index in [1.54, 1.807) is 24.3 Å². The number of aromatic nitrogens is 2. The number of benzene rings is 2. The number of thioether (sulfide) groups is 1. The van der Waals surface area contributed by atoms with Crippen molar-refractivity contribution in [1.29, 1.82) is 0 Å². The molecule has 0 atom stereocenters. The summed E-state index contributed by atoms with van der Waals surface area (Å²) < 4.78 is 63.9. The Morgan fingerprint density at radius 3 is 2.53 bits per heavy atom. The van der Waals surface area contributed by atoms with E-state index in [2.05, 4.69) is 15.3 Å². The molecule has 1 aromatic heterocycles. The molecule has 0 aliphatic rings. The van der Waals surface area contributed by atoms with Crippen LogP contribution in [0.5, 0.6) is 0 Å². The first kappa shape index (κ1) is 23.8. The van der Waals surface area contributed by atoms with Crippen LogP contribution in [0.2, 0.25) is 5.02 Å². The fraction of sp³-hybridized carbons (Fsp3) is 0.105. The number of hydrogen-bond acceptors (Lipinski definition) is 6. The summed E-state index contributed by atoms with van der Waals surface area (Å²) in [6.07, 6.45) is -4.01. The van der Waals surface area contributed by atoms with Crippen molar-refractivity contribution < 1.29 is 26.4 Å². The third-order valence-electron chi connectivity index (χ3n) is 3.99. The van der Waals surface area contributed by atoms with Gasteiger partial charge in [-0.05, 0) is 30.3 Å². The summed E-state index contributed by atoms with van der Waals surface area (Å²) in [5, 5.41) is 2.86. The number of anilines is 1. The first-order chi connectivity index (χ1) is 15.0. The van der Waals surface area contributed by atoms with Gasteiger partial charge in [-0.2, -0.15) is 13.2 Å². The topological polar surface area (TPSA) is 109 Å². The molecule has 0 saturated heterocycles. The standard InChI is InChI=1S/C19H13ClF3N3O4S2/c20-13-6-1-2-7-14(13)25-16(27)10-31-18-24-9-15(17(28)26-18)32(29,30)12-5-3-4-11(8-12)19(21,22)23/h1-9H,10H2,(H,25,27)(H,24,26,28). The maximum atomic E-state index is 12.9. The molecule has 0 aliphatic carbocycles. The molecule has 2 aromatic carbocycles. The van der Waals surface area contributed by atoms with Gasteiger partial charge < -0.3 is 10.3 Å². The predicted octanol–water partition coefficient (Wildman–Crippen LogP) is 4.01. The molecule has 3 aromatic rings. The molecule has 0 saturated carbocycles. The molecule has 7 nitrogen and oxygen atoms in total. The average molecular weight is 504 g/mol. The van der Waals surface area contributed by atoms with Crippen molar-refractivity contribution >= 4 is 44.8 Å². The van der Waals surface area contributed by atoms with Gasteiger partial charge in [0.1, 0.15) is 0 Å². The van der Waals surface area contributed by atoms with Crippen molar-refractivity contribution in [3.63, 3.8) is 0 Å². The fourth-order valence-corrected chi connectivity index (χ4v) is 4.58. The van der Waals surface area contributed by atoms with Crippen LogP contribution in [-0.4, -0.2) is 30.0 Å². The van der Waals surface area contributed by atoms with Crippen molar-refractivity contribution in [1.82, 2.24) is 9.97 Å². The summed E-state index contributed by atoms with van der Waals surface area (Å²) in [7, 11) is -4.56. The number of nitrogens with zero attached hydrogens (tertiary/aromatic N) is 1. The molecule has 0 fully saturated rings. The van der Waals surface area contributed by atoms with Crippen molar-refractivity contribution in [3.8, 4) is 0 Å². The summed E-state index contributed by atoms with van der Waals surface area (Å²) in [4.78, 5) is 28.8. The van der Waals surface area contributed by atoms with Gasteiger partial charge in [-0.25, -0.2) is 13.4 Å². The lowest BCUT2D eigenvalue weighted by Gasteiger charge is -2.09. The van der Waals surface area contributed by atoms with Crippen molar-refractivity contribution in [3.05, 3.63) is 75.7 Å². The lowest BCUT2D eigenvalue weighted by molar-refractivity contribution is -0.137. The minimum absolute atomic E-state index is 0.0488. The Kier molecular flexibility index (Phi) is 6.96. The van der Waals surface area contributed by atoms with Crippen LogP contribution in [0, 0.1) is 0 Å². The van der Waals surface area contributed by atoms with E-state index in [0.29, 0.717) is 16.8 Å². The molecule has 0 bridgehead atoms. The first-order valence-electron chi connectivity index (χ1n) is 8.67. The molecule has 2 N–H and O–H groups in total. The quantitative estimate of drug-likeness (QED) is 0.388. The number of sulfone groups is 1. The van der Waals surface area contributed by atoms with Crippen molar-refractivity contribution in [2.45, 2.75) is 21.1 Å². The van der Waals surface area contributed by atoms with Gasteiger partial charge in [-0.15, -0.1) is 0 Å². The Balaban J connectivity index is 1.76. The maximum absolute atomic E-state index is 12.9. The molecule has 168 valence electrons. The summed E-state index contributed by atoms with van der Waals surface area (Å²) in [6, 6.07) is 9.59. The lowest BCUT2D eigenvalue weighted by atomic mass is 10.2. The zero-order chi connectivity index (χ0) is 23.5. The summed E-state index contributed by atoms with van der Waals surface area (Å²) in [5.74, 6) is -0.625. The van der Waals surface area contributed by atoms with Gasteiger partial charge in [0.2, 0.25) is 15.7 Å². The smallest absolute Gasteiger partial charge is 0.324 e. The third kappa shape index (κ3) is 5.50. The Morgan fingerprint density at radius 1 is 1.16 bits per heavy atom. The monoisotopic (exact) mass is 503 g/mol. The van der Waals surface area contributed by atoms with Gasteiger partial charge in [0.15, 0.2) is 10.1 Å². The Hall–Kier alpha value is -2.83. The number of hydrogen-bond donors (Lipinski definition) is 2. The van der Waals surface area contributed by atoms with E-state index in [9.17, 15) is 31.2 Å². The molecule has 32 heavy (non-hydrogen) atoms. The van der Waals surface area contributed by atoms with Crippen LogP contribution < -0.4 is 10.9 Å². The van der Waals surface area contributed by atoms with Crippen LogP contribution >= 0.6 is 23.4 Å². The molecule has 1 heterocycles. The second kappa shape index (κ2) is 9.35. The number of halogens is 4. The number of rotatable bonds is 6. The number of para-hydroxylation sites is 1. The molecule has 13 heteroatoms. The van der Waals surface area contributed by atoms with Crippen molar-refractivity contribution in [2.24, 2.45) is 0 Å². The number of nitrogens with one attached hydrogen (secondary N) is 2. The molecule has 0 radical (unpaired) electrons. The van der Waals surface area contributed by atoms with Gasteiger partial charge in [-0.1, -0.05) is 41.6 Å². The van der Waals surface area contributed by atoms with E-state index in [4.69, 9.17) is 11.6 Å². The van der Waals surface area contributed by atoms with Gasteiger partial charge in [0.25, 0.3) is 5.56 Å². The van der Waals surface area contributed by atoms with Crippen LogP contribution in [-0.2, 0) is 20.8 Å². The van der Waals surface area contributed by atoms with Crippen LogP contribution in [0.15, 0.2) is 74.5 Å². The van der Waals surface area contributed by atoms with Crippen LogP contribution in [0.3, 0.4) is 0 Å². The lowest BCUT2D eigenvalue weighted by Crippen LogP contribution is -2.20. The highest BCUT2D eigenvalue weighted by Crippen LogP contribution is 2.31. The summed E-state index contributed by atoms with van der Waals surface area (Å²) in [6.45, 7) is 0. The number of alkyl halides is 3. The van der Waals surface area contributed by atoms with Crippen LogP contribution in [0.1, 0.15) is 5.56 Å². The van der Waals surface area contributed by atoms with Gasteiger partial charge in [0.05, 0.1) is 33.1 Å². The highest BCUT2D eigenvalue weighted by atomic mass is 35.5. The van der Waals surface area contributed by atoms with E-state index in [0.717, 1.165) is 36.2 Å². The zero-order valence-electron chi connectivity index (χ0n) is 15.8. The second-order valence-corrected chi connectivity index (χ2v) is 9.52. The highest BCUT2D eigenvalue weighted by Gasteiger charge is 2.32. The average Bonchev–Trinajstić information content (AvgIpc) is 2.73. The zero-order valence-corrected chi connectivity index (χ0v) is 18.2. The fourth-order valence-electron chi connectivity index (χ4n) is 2.48. The molecule has 3 rings (SSSR count). The van der Waals surface area contributed by atoms with Gasteiger partial charge in [-0.3, -0.25) is 9.59 Å². The SMILES string of the molecule is O=C(CSc1ncc(S(=O)(=O)c2cccc(C(F)(F)F)c2)c(=O)[nH]1)Nc1ccccc1Cl. The number of aromatic amines is 1. The predicted molar refractivity (Wildman–Crippen MR) is 113 cm³/mol. The minimum atomic E-state index is -4.75. The number of carbonyl (C=O) groups excluding carboxylic acids is 1. The normalized spacial score (nSPS) is 11.9. The number of amides is 1. The molecular weight excluding hydrogens is 491 g/mol. The van der Waals surface area contributed by atoms with Crippen molar-refractivity contribution in [2.75, 3.05) is 11.1 Å². The number of carbonyl (C=O) groups is 1. The Morgan fingerprint density at radius 2 is 1.88 bits per heavy atom. The Labute approximate surface area is 189 Å². The van der Waals surface area contributed by atoms with Gasteiger partial charge in [0, 0.05) is 0 Å². The molecule has 1 amide bonds. The molecule has 0 aliphatic heterocycles. The molecular formula is C19H13ClF3N3O4S2. The van der Waals surface area contributed by atoms with Gasteiger partial charge >= 0.3 is 6.18 Å². The minimum Gasteiger partial charge on any atom is -0.324 e. The molecule has 0 unspecified atom stereocenters. The Bertz CT molecular complexity index is 1330. The third-order valence-corrected chi connectivity index (χ3v) is 6.95. The van der Waals surface area contributed by atoms with E-state index < -0.39 is 42.8 Å². The van der Waals surface area contributed by atoms with E-state index in [1.807, 2.05) is 0 Å². The molecule has 0 spiro atoms. The van der Waals surface area contributed by atoms with E-state index in [1.165, 1.54) is 0 Å². The summed E-state index contributed by atoms with van der Waals surface area (Å²) in [5.41, 5.74) is -1.85. The largest absolute Gasteiger partial charge is 0.416 e. The van der Waals surface area contributed by atoms with E-state index >= 15 is 0 Å². The summed E-state index contributed by atoms with van der Waals surface area (Å²) >= 11 is 6.77. The van der Waals surface area contributed by atoms with Crippen LogP contribution in [0.25, 0.3) is 0 Å². The van der Waals surface area contributed by atoms with E-state index in [-0.39, 0.29) is 10.9 Å². The first-order valence-corrected chi connectivity index (χ1v) is 11.5.